The molecule has 3 nitrogen and oxygen atoms in total. The van der Waals surface area contributed by atoms with Crippen LogP contribution in [0.2, 0.25) is 10.0 Å². The van der Waals surface area contributed by atoms with Crippen molar-refractivity contribution in [2.45, 2.75) is 0 Å². The fraction of sp³-hybridized carbons (Fsp3) is 0.462. The van der Waals surface area contributed by atoms with E-state index in [1.165, 1.54) is 0 Å². The van der Waals surface area contributed by atoms with Gasteiger partial charge in [-0.05, 0) is 12.1 Å². The monoisotopic (exact) mass is 320 g/mol. The van der Waals surface area contributed by atoms with E-state index in [0.717, 1.165) is 19.6 Å². The molecule has 19 heavy (non-hydrogen) atoms. The first-order valence-electron chi connectivity index (χ1n) is 6.15. The van der Waals surface area contributed by atoms with E-state index in [-0.39, 0.29) is 5.91 Å². The average Bonchev–Trinajstić information content (AvgIpc) is 2.42. The zero-order valence-electron chi connectivity index (χ0n) is 10.4. The van der Waals surface area contributed by atoms with Crippen molar-refractivity contribution in [1.29, 1.82) is 0 Å². The standard InChI is InChI=1S/C13H15Cl3N2O/c14-4-5-17-6-8-18(9-7-17)13(19)10-2-1-3-11(15)12(10)16/h1-3H,4-9H2. The van der Waals surface area contributed by atoms with E-state index in [2.05, 4.69) is 4.90 Å². The van der Waals surface area contributed by atoms with Crippen molar-refractivity contribution in [1.82, 2.24) is 9.80 Å². The Morgan fingerprint density at radius 3 is 2.47 bits per heavy atom. The highest BCUT2D eigenvalue weighted by atomic mass is 35.5. The third kappa shape index (κ3) is 3.54. The Morgan fingerprint density at radius 1 is 1.16 bits per heavy atom. The maximum absolute atomic E-state index is 12.4. The van der Waals surface area contributed by atoms with Gasteiger partial charge >= 0.3 is 0 Å². The van der Waals surface area contributed by atoms with Gasteiger partial charge in [0.2, 0.25) is 0 Å². The summed E-state index contributed by atoms with van der Waals surface area (Å²) in [6, 6.07) is 5.13. The van der Waals surface area contributed by atoms with Gasteiger partial charge in [0.15, 0.2) is 0 Å². The van der Waals surface area contributed by atoms with Crippen molar-refractivity contribution in [2.75, 3.05) is 38.6 Å². The zero-order valence-corrected chi connectivity index (χ0v) is 12.7. The number of halogens is 3. The lowest BCUT2D eigenvalue weighted by atomic mass is 10.2. The largest absolute Gasteiger partial charge is 0.336 e. The summed E-state index contributed by atoms with van der Waals surface area (Å²) in [6.07, 6.45) is 0. The molecule has 0 saturated carbocycles. The topological polar surface area (TPSA) is 23.6 Å². The maximum atomic E-state index is 12.4. The van der Waals surface area contributed by atoms with Crippen LogP contribution in [0.15, 0.2) is 18.2 Å². The van der Waals surface area contributed by atoms with Crippen molar-refractivity contribution >= 4 is 40.7 Å². The van der Waals surface area contributed by atoms with Gasteiger partial charge in [-0.1, -0.05) is 29.3 Å². The van der Waals surface area contributed by atoms with Gasteiger partial charge in [-0.3, -0.25) is 9.69 Å². The summed E-state index contributed by atoms with van der Waals surface area (Å²) in [5.41, 5.74) is 0.472. The molecule has 0 radical (unpaired) electrons. The zero-order chi connectivity index (χ0) is 13.8. The number of rotatable bonds is 3. The Kier molecular flexibility index (Phi) is 5.34. The first-order valence-corrected chi connectivity index (χ1v) is 7.44. The minimum Gasteiger partial charge on any atom is -0.336 e. The molecule has 1 fully saturated rings. The predicted octanol–water partition coefficient (Wildman–Crippen LogP) is 2.99. The van der Waals surface area contributed by atoms with E-state index in [1.807, 2.05) is 4.90 Å². The summed E-state index contributed by atoms with van der Waals surface area (Å²) in [5.74, 6) is 0.562. The number of alkyl halides is 1. The van der Waals surface area contributed by atoms with Gasteiger partial charge in [0, 0.05) is 38.6 Å². The van der Waals surface area contributed by atoms with Crippen LogP contribution in [0.1, 0.15) is 10.4 Å². The molecule has 0 atom stereocenters. The van der Waals surface area contributed by atoms with E-state index >= 15 is 0 Å². The highest BCUT2D eigenvalue weighted by Gasteiger charge is 2.23. The van der Waals surface area contributed by atoms with Crippen molar-refractivity contribution in [2.24, 2.45) is 0 Å². The van der Waals surface area contributed by atoms with Crippen LogP contribution >= 0.6 is 34.8 Å². The molecule has 1 saturated heterocycles. The third-order valence-electron chi connectivity index (χ3n) is 3.24. The predicted molar refractivity (Wildman–Crippen MR) is 79.5 cm³/mol. The Morgan fingerprint density at radius 2 is 1.84 bits per heavy atom. The Bertz CT molecular complexity index is 459. The molecular formula is C13H15Cl3N2O. The molecule has 1 aliphatic heterocycles. The highest BCUT2D eigenvalue weighted by Crippen LogP contribution is 2.26. The number of nitrogens with zero attached hydrogens (tertiary/aromatic N) is 2. The van der Waals surface area contributed by atoms with Crippen LogP contribution in [-0.2, 0) is 0 Å². The van der Waals surface area contributed by atoms with Crippen LogP contribution in [-0.4, -0.2) is 54.3 Å². The summed E-state index contributed by atoms with van der Waals surface area (Å²) in [7, 11) is 0. The number of hydrogen-bond acceptors (Lipinski definition) is 2. The SMILES string of the molecule is O=C(c1cccc(Cl)c1Cl)N1CCN(CCCl)CC1. The van der Waals surface area contributed by atoms with Gasteiger partial charge in [0.25, 0.3) is 5.91 Å². The highest BCUT2D eigenvalue weighted by molar-refractivity contribution is 6.43. The lowest BCUT2D eigenvalue weighted by molar-refractivity contribution is 0.0644. The first-order chi connectivity index (χ1) is 9.13. The minimum atomic E-state index is -0.0574. The molecule has 0 bridgehead atoms. The summed E-state index contributed by atoms with van der Waals surface area (Å²) >= 11 is 17.7. The molecule has 0 aromatic heterocycles. The Labute approximate surface area is 128 Å². The van der Waals surface area contributed by atoms with Gasteiger partial charge in [-0.2, -0.15) is 0 Å². The van der Waals surface area contributed by atoms with Crippen LogP contribution in [0.3, 0.4) is 0 Å². The lowest BCUT2D eigenvalue weighted by Gasteiger charge is -2.34. The quantitative estimate of drug-likeness (QED) is 0.799. The van der Waals surface area contributed by atoms with Crippen molar-refractivity contribution in [3.8, 4) is 0 Å². The van der Waals surface area contributed by atoms with Crippen LogP contribution in [0, 0.1) is 0 Å². The first kappa shape index (κ1) is 14.9. The lowest BCUT2D eigenvalue weighted by Crippen LogP contribution is -2.49. The number of carbonyl (C=O) groups excluding carboxylic acids is 1. The second-order valence-corrected chi connectivity index (χ2v) is 5.59. The van der Waals surface area contributed by atoms with Gasteiger partial charge in [-0.15, -0.1) is 11.6 Å². The van der Waals surface area contributed by atoms with Gasteiger partial charge in [-0.25, -0.2) is 0 Å². The van der Waals surface area contributed by atoms with Gasteiger partial charge in [0.05, 0.1) is 15.6 Å². The van der Waals surface area contributed by atoms with E-state index in [0.29, 0.717) is 34.6 Å². The maximum Gasteiger partial charge on any atom is 0.255 e. The molecule has 6 heteroatoms. The molecule has 1 aromatic rings. The number of piperazine rings is 1. The van der Waals surface area contributed by atoms with Gasteiger partial charge in [0.1, 0.15) is 0 Å². The smallest absolute Gasteiger partial charge is 0.255 e. The van der Waals surface area contributed by atoms with Gasteiger partial charge < -0.3 is 4.90 Å². The molecule has 104 valence electrons. The van der Waals surface area contributed by atoms with E-state index in [4.69, 9.17) is 34.8 Å². The number of hydrogen-bond donors (Lipinski definition) is 0. The van der Waals surface area contributed by atoms with Crippen LogP contribution in [0.25, 0.3) is 0 Å². The summed E-state index contributed by atoms with van der Waals surface area (Å²) in [4.78, 5) is 16.4. The Balaban J connectivity index is 2.03. The normalized spacial score (nSPS) is 16.7. The summed E-state index contributed by atoms with van der Waals surface area (Å²) in [6.45, 7) is 3.94. The van der Waals surface area contributed by atoms with E-state index < -0.39 is 0 Å². The minimum absolute atomic E-state index is 0.0574. The molecule has 1 aliphatic rings. The molecular weight excluding hydrogens is 307 g/mol. The molecule has 0 aliphatic carbocycles. The molecule has 0 spiro atoms. The summed E-state index contributed by atoms with van der Waals surface area (Å²) in [5, 5.41) is 0.741. The molecule has 1 heterocycles. The van der Waals surface area contributed by atoms with E-state index in [1.54, 1.807) is 18.2 Å². The molecule has 0 unspecified atom stereocenters. The fourth-order valence-corrected chi connectivity index (χ4v) is 2.75. The van der Waals surface area contributed by atoms with Crippen molar-refractivity contribution < 1.29 is 4.79 Å². The number of benzene rings is 1. The molecule has 2 rings (SSSR count). The third-order valence-corrected chi connectivity index (χ3v) is 4.23. The number of amides is 1. The van der Waals surface area contributed by atoms with Crippen molar-refractivity contribution in [3.05, 3.63) is 33.8 Å². The molecule has 1 amide bonds. The Hall–Kier alpha value is -0.480. The van der Waals surface area contributed by atoms with E-state index in [9.17, 15) is 4.79 Å². The van der Waals surface area contributed by atoms with Crippen LogP contribution < -0.4 is 0 Å². The second-order valence-electron chi connectivity index (χ2n) is 4.42. The second kappa shape index (κ2) is 6.80. The molecule has 0 N–H and O–H groups in total. The van der Waals surface area contributed by atoms with Crippen LogP contribution in [0.4, 0.5) is 0 Å². The van der Waals surface area contributed by atoms with Crippen molar-refractivity contribution in [3.63, 3.8) is 0 Å². The van der Waals surface area contributed by atoms with Crippen LogP contribution in [0.5, 0.6) is 0 Å². The fourth-order valence-electron chi connectivity index (χ4n) is 2.13. The summed E-state index contributed by atoms with van der Waals surface area (Å²) < 4.78 is 0. The molecule has 1 aromatic carbocycles. The average molecular weight is 322 g/mol. The number of carbonyl (C=O) groups is 1.